The third-order valence-electron chi connectivity index (χ3n) is 8.42. The van der Waals surface area contributed by atoms with Crippen LogP contribution in [-0.2, 0) is 10.6 Å². The summed E-state index contributed by atoms with van der Waals surface area (Å²) in [5.41, 5.74) is -0.495. The van der Waals surface area contributed by atoms with Gasteiger partial charge in [0.15, 0.2) is 0 Å². The number of hydrogen-bond acceptors (Lipinski definition) is 3. The van der Waals surface area contributed by atoms with Crippen molar-refractivity contribution in [2.75, 3.05) is 0 Å². The number of aromatic nitrogens is 1. The molecule has 0 spiro atoms. The summed E-state index contributed by atoms with van der Waals surface area (Å²) in [6.45, 7) is 17.8. The molecule has 0 radical (unpaired) electrons. The van der Waals surface area contributed by atoms with E-state index in [0.29, 0.717) is 0 Å². The summed E-state index contributed by atoms with van der Waals surface area (Å²) < 4.78 is 53.8. The first kappa shape index (κ1) is 31.6. The Balaban J connectivity index is 2.42. The topological polar surface area (TPSA) is 22.1 Å². The van der Waals surface area contributed by atoms with Gasteiger partial charge < -0.3 is 0 Å². The Bertz CT molecular complexity index is 769. The molecule has 1 aromatic rings. The van der Waals surface area contributed by atoms with Crippen LogP contribution in [0.15, 0.2) is 0 Å². The quantitative estimate of drug-likeness (QED) is 0.200. The molecule has 8 heteroatoms. The minimum atomic E-state index is -4.35. The van der Waals surface area contributed by atoms with E-state index in [1.807, 2.05) is 0 Å². The predicted octanol–water partition coefficient (Wildman–Crippen LogP) is 9.88. The molecule has 1 aromatic heterocycles. The van der Waals surface area contributed by atoms with Crippen LogP contribution in [0.2, 0.25) is 31.4 Å². The van der Waals surface area contributed by atoms with E-state index < -0.39 is 38.6 Å². The van der Waals surface area contributed by atoms with Crippen molar-refractivity contribution in [2.24, 2.45) is 0 Å². The van der Waals surface area contributed by atoms with Crippen molar-refractivity contribution in [1.29, 1.82) is 0 Å². The molecule has 0 N–H and O–H groups in total. The second-order valence-electron chi connectivity index (χ2n) is 12.3. The van der Waals surface area contributed by atoms with Crippen LogP contribution in [0, 0.1) is 0 Å². The van der Waals surface area contributed by atoms with Crippen molar-refractivity contribution in [3.8, 4) is 0 Å². The first-order valence-electron chi connectivity index (χ1n) is 14.0. The third kappa shape index (κ3) is 8.19. The molecule has 0 aromatic carbocycles. The minimum absolute atomic E-state index is 0.108. The number of hydrogen-bond donors (Lipinski definition) is 0. The summed E-state index contributed by atoms with van der Waals surface area (Å²) in [6.07, 6.45) is 4.77. The predicted molar refractivity (Wildman–Crippen MR) is 150 cm³/mol. The normalized spacial score (nSPS) is 20.1. The van der Waals surface area contributed by atoms with Gasteiger partial charge in [0, 0.05) is 0 Å². The Hall–Kier alpha value is 0.396. The van der Waals surface area contributed by atoms with Gasteiger partial charge in [0.2, 0.25) is 0 Å². The van der Waals surface area contributed by atoms with Gasteiger partial charge in [-0.05, 0) is 0 Å². The zero-order valence-electron chi connectivity index (χ0n) is 23.5. The molecule has 2 nitrogen and oxygen atoms in total. The average Bonchev–Trinajstić information content (AvgIpc) is 3.40. The zero-order chi connectivity index (χ0) is 26.5. The Morgan fingerprint density at radius 3 is 1.89 bits per heavy atom. The second kappa shape index (κ2) is 13.0. The Morgan fingerprint density at radius 1 is 0.943 bits per heavy atom. The SMILES string of the molecule is CCC[CH2][Sn]([CH2]CCC)([CH2]CCC)[c]1sc(C2CCC(O[Si](C)(C)C(C)(C)C)C2)nc1C(F)(F)F. The number of thiazole rings is 1. The molecule has 2 unspecified atom stereocenters. The molecule has 1 aliphatic carbocycles. The van der Waals surface area contributed by atoms with Crippen LogP contribution in [-0.4, -0.2) is 37.8 Å². The summed E-state index contributed by atoms with van der Waals surface area (Å²) in [6, 6.07) is 0. The fraction of sp³-hybridized carbons (Fsp3) is 0.889. The number of nitrogens with zero attached hydrogens (tertiary/aromatic N) is 1. The molecular weight excluding hydrogens is 590 g/mol. The Labute approximate surface area is 222 Å². The summed E-state index contributed by atoms with van der Waals surface area (Å²) in [5, 5.41) is 0.883. The summed E-state index contributed by atoms with van der Waals surface area (Å²) in [5.74, 6) is 0.108. The van der Waals surface area contributed by atoms with E-state index in [2.05, 4.69) is 59.6 Å². The van der Waals surface area contributed by atoms with Crippen molar-refractivity contribution in [3.05, 3.63) is 10.7 Å². The molecule has 1 aliphatic rings. The molecule has 1 heterocycles. The number of unbranched alkanes of at least 4 members (excludes halogenated alkanes) is 3. The molecule has 35 heavy (non-hydrogen) atoms. The van der Waals surface area contributed by atoms with E-state index in [-0.39, 0.29) is 17.1 Å². The van der Waals surface area contributed by atoms with Crippen molar-refractivity contribution in [2.45, 2.75) is 149 Å². The Morgan fingerprint density at radius 2 is 1.46 bits per heavy atom. The summed E-state index contributed by atoms with van der Waals surface area (Å²) in [7, 11) is -1.90. The molecule has 0 amide bonds. The second-order valence-corrected chi connectivity index (χ2v) is 32.2. The maximum absolute atomic E-state index is 14.4. The van der Waals surface area contributed by atoms with Gasteiger partial charge >= 0.3 is 223 Å². The van der Waals surface area contributed by atoms with Crippen molar-refractivity contribution in [1.82, 2.24) is 4.98 Å². The molecule has 1 saturated carbocycles. The molecular formula is C27H50F3NOSSiSn. The molecule has 204 valence electrons. The fourth-order valence-corrected chi connectivity index (χ4v) is 27.5. The van der Waals surface area contributed by atoms with Crippen LogP contribution >= 0.6 is 11.3 Å². The third-order valence-corrected chi connectivity index (χ3v) is 32.4. The zero-order valence-corrected chi connectivity index (χ0v) is 28.2. The molecule has 0 saturated heterocycles. The van der Waals surface area contributed by atoms with E-state index in [9.17, 15) is 13.2 Å². The van der Waals surface area contributed by atoms with Crippen LogP contribution < -0.4 is 2.89 Å². The summed E-state index contributed by atoms with van der Waals surface area (Å²) in [4.78, 5) is 4.44. The van der Waals surface area contributed by atoms with E-state index in [1.165, 1.54) is 11.3 Å². The first-order valence-corrected chi connectivity index (χ1v) is 25.2. The van der Waals surface area contributed by atoms with Gasteiger partial charge in [-0.15, -0.1) is 0 Å². The van der Waals surface area contributed by atoms with Gasteiger partial charge in [0.1, 0.15) is 0 Å². The number of alkyl halides is 3. The van der Waals surface area contributed by atoms with Crippen molar-refractivity contribution >= 4 is 40.9 Å². The molecule has 0 bridgehead atoms. The van der Waals surface area contributed by atoms with Gasteiger partial charge in [-0.3, -0.25) is 0 Å². The van der Waals surface area contributed by atoms with Crippen LogP contribution in [0.25, 0.3) is 0 Å². The van der Waals surface area contributed by atoms with E-state index in [4.69, 9.17) is 4.43 Å². The van der Waals surface area contributed by atoms with E-state index in [0.717, 1.165) is 79.0 Å². The van der Waals surface area contributed by atoms with Gasteiger partial charge in [-0.2, -0.15) is 0 Å². The van der Waals surface area contributed by atoms with Gasteiger partial charge in [0.25, 0.3) is 0 Å². The molecule has 2 rings (SSSR count). The van der Waals surface area contributed by atoms with Crippen LogP contribution in [0.1, 0.15) is 116 Å². The first-order chi connectivity index (χ1) is 16.2. The van der Waals surface area contributed by atoms with Gasteiger partial charge in [-0.1, -0.05) is 0 Å². The average molecular weight is 641 g/mol. The van der Waals surface area contributed by atoms with Gasteiger partial charge in [-0.25, -0.2) is 0 Å². The van der Waals surface area contributed by atoms with Crippen LogP contribution in [0.4, 0.5) is 13.2 Å². The monoisotopic (exact) mass is 641 g/mol. The molecule has 0 aliphatic heterocycles. The van der Waals surface area contributed by atoms with Crippen LogP contribution in [0.3, 0.4) is 0 Å². The fourth-order valence-electron chi connectivity index (χ4n) is 5.19. The summed E-state index contributed by atoms with van der Waals surface area (Å²) >= 11 is -1.77. The Kier molecular flexibility index (Phi) is 11.7. The van der Waals surface area contributed by atoms with Crippen molar-refractivity contribution in [3.63, 3.8) is 0 Å². The molecule has 2 atom stereocenters. The molecule has 1 fully saturated rings. The van der Waals surface area contributed by atoms with Crippen LogP contribution in [0.5, 0.6) is 0 Å². The maximum atomic E-state index is 14.4. The van der Waals surface area contributed by atoms with E-state index in [1.54, 1.807) is 0 Å². The van der Waals surface area contributed by atoms with Crippen molar-refractivity contribution < 1.29 is 17.6 Å². The standard InChI is InChI=1S/C15H23F3NOSSi.3C4H9.Sn/c1-14(2,3)22(4,5)20-11-7-6-10(8-11)13-19-12(9-21-13)15(16,17)18;3*1-3-4-2;/h10-11H,6-8H2,1-5H3;3*1,3-4H2,2H3;. The van der Waals surface area contributed by atoms with Gasteiger partial charge in [0.05, 0.1) is 0 Å². The van der Waals surface area contributed by atoms with E-state index >= 15 is 0 Å². The number of rotatable bonds is 13. The number of halogens is 3.